The summed E-state index contributed by atoms with van der Waals surface area (Å²) >= 11 is 0. The summed E-state index contributed by atoms with van der Waals surface area (Å²) in [6.07, 6.45) is 5.04. The molecule has 0 bridgehead atoms. The molecule has 0 saturated carbocycles. The molecule has 1 atom stereocenters. The van der Waals surface area contributed by atoms with Crippen molar-refractivity contribution < 1.29 is 9.53 Å². The average molecular weight is 500 g/mol. The molecule has 1 saturated heterocycles. The zero-order valence-corrected chi connectivity index (χ0v) is 20.4. The van der Waals surface area contributed by atoms with E-state index < -0.39 is 0 Å². The summed E-state index contributed by atoms with van der Waals surface area (Å²) in [4.78, 5) is 41.2. The van der Waals surface area contributed by atoms with Gasteiger partial charge in [-0.15, -0.1) is 0 Å². The Balaban J connectivity index is 1.26. The number of aromatic nitrogens is 4. The monoisotopic (exact) mass is 499 g/mol. The first-order chi connectivity index (χ1) is 18.2. The third-order valence-corrected chi connectivity index (χ3v) is 6.96. The first-order valence-corrected chi connectivity index (χ1v) is 12.6. The molecule has 2 aliphatic rings. The minimum atomic E-state index is -0.259. The Labute approximate surface area is 213 Å². The van der Waals surface area contributed by atoms with Crippen LogP contribution in [0.15, 0.2) is 59.7 Å². The van der Waals surface area contributed by atoms with Gasteiger partial charge in [0, 0.05) is 42.1 Å². The lowest BCUT2D eigenvalue weighted by Crippen LogP contribution is -2.43. The average Bonchev–Trinajstić information content (AvgIpc) is 3.37. The molecule has 1 fully saturated rings. The lowest BCUT2D eigenvalue weighted by Gasteiger charge is -2.32. The Kier molecular flexibility index (Phi) is 6.32. The molecule has 1 unspecified atom stereocenters. The van der Waals surface area contributed by atoms with Crippen molar-refractivity contribution in [3.63, 3.8) is 0 Å². The van der Waals surface area contributed by atoms with Gasteiger partial charge in [-0.2, -0.15) is 0 Å². The highest BCUT2D eigenvalue weighted by molar-refractivity contribution is 5.80. The molecule has 5 heterocycles. The third kappa shape index (κ3) is 4.79. The molecular weight excluding hydrogens is 470 g/mol. The van der Waals surface area contributed by atoms with Gasteiger partial charge in [0.05, 0.1) is 31.5 Å². The van der Waals surface area contributed by atoms with E-state index in [1.165, 1.54) is 4.57 Å². The topological polar surface area (TPSA) is 117 Å². The number of fused-ring (bicyclic) bond motifs is 2. The Bertz CT molecular complexity index is 1440. The number of pyridine rings is 1. The van der Waals surface area contributed by atoms with Crippen LogP contribution in [0, 0.1) is 0 Å². The van der Waals surface area contributed by atoms with Gasteiger partial charge in [-0.3, -0.25) is 19.1 Å². The van der Waals surface area contributed by atoms with Crippen molar-refractivity contribution >= 4 is 28.4 Å². The lowest BCUT2D eigenvalue weighted by molar-refractivity contribution is -0.121. The number of nitrogens with zero attached hydrogens (tertiary/aromatic N) is 4. The number of hydrogen-bond donors (Lipinski definition) is 3. The predicted octanol–water partition coefficient (Wildman–Crippen LogP) is 2.37. The maximum Gasteiger partial charge on any atom is 0.279 e. The Hall–Kier alpha value is -4.18. The van der Waals surface area contributed by atoms with Crippen molar-refractivity contribution in [3.8, 4) is 0 Å². The summed E-state index contributed by atoms with van der Waals surface area (Å²) in [5.74, 6) is 0.268. The number of morpholine rings is 1. The quantitative estimate of drug-likeness (QED) is 0.373. The van der Waals surface area contributed by atoms with Crippen LogP contribution in [0.2, 0.25) is 0 Å². The van der Waals surface area contributed by atoms with E-state index in [-0.39, 0.29) is 24.1 Å². The van der Waals surface area contributed by atoms with Crippen LogP contribution in [0.3, 0.4) is 0 Å². The Morgan fingerprint density at radius 2 is 2.00 bits per heavy atom. The van der Waals surface area contributed by atoms with E-state index in [4.69, 9.17) is 9.72 Å². The fourth-order valence-corrected chi connectivity index (χ4v) is 5.04. The molecule has 4 aromatic rings. The van der Waals surface area contributed by atoms with Crippen LogP contribution in [-0.4, -0.2) is 51.7 Å². The number of ether oxygens (including phenoxy) is 1. The normalized spacial score (nSPS) is 17.3. The molecule has 0 spiro atoms. The van der Waals surface area contributed by atoms with Crippen molar-refractivity contribution in [1.29, 1.82) is 0 Å². The van der Waals surface area contributed by atoms with Gasteiger partial charge >= 0.3 is 0 Å². The van der Waals surface area contributed by atoms with E-state index >= 15 is 0 Å². The summed E-state index contributed by atoms with van der Waals surface area (Å²) in [5.41, 5.74) is 3.97. The predicted molar refractivity (Wildman–Crippen MR) is 141 cm³/mol. The zero-order valence-electron chi connectivity index (χ0n) is 20.4. The summed E-state index contributed by atoms with van der Waals surface area (Å²) in [6.45, 7) is 2.56. The van der Waals surface area contributed by atoms with Crippen molar-refractivity contribution in [2.24, 2.45) is 0 Å². The van der Waals surface area contributed by atoms with E-state index in [0.29, 0.717) is 50.9 Å². The van der Waals surface area contributed by atoms with Crippen LogP contribution < -0.4 is 21.1 Å². The summed E-state index contributed by atoms with van der Waals surface area (Å²) in [7, 11) is 0. The van der Waals surface area contributed by atoms with E-state index in [9.17, 15) is 9.59 Å². The van der Waals surface area contributed by atoms with Crippen LogP contribution >= 0.6 is 0 Å². The summed E-state index contributed by atoms with van der Waals surface area (Å²) in [6, 6.07) is 14.0. The van der Waals surface area contributed by atoms with Crippen molar-refractivity contribution in [2.75, 3.05) is 36.5 Å². The highest BCUT2D eigenvalue weighted by atomic mass is 16.5. The van der Waals surface area contributed by atoms with Crippen LogP contribution in [0.25, 0.3) is 10.9 Å². The van der Waals surface area contributed by atoms with Gasteiger partial charge in [0.15, 0.2) is 0 Å². The van der Waals surface area contributed by atoms with E-state index in [1.54, 1.807) is 12.4 Å². The molecule has 10 nitrogen and oxygen atoms in total. The molecule has 2 aliphatic heterocycles. The number of carbonyl (C=O) groups is 1. The number of carbonyl (C=O) groups excluding carboxylic acids is 1. The molecule has 0 aliphatic carbocycles. The van der Waals surface area contributed by atoms with Gasteiger partial charge in [0.25, 0.3) is 5.56 Å². The van der Waals surface area contributed by atoms with Crippen molar-refractivity contribution in [2.45, 2.75) is 32.0 Å². The number of anilines is 2. The van der Waals surface area contributed by atoms with Gasteiger partial charge in [-0.05, 0) is 30.5 Å². The van der Waals surface area contributed by atoms with E-state index in [2.05, 4.69) is 32.7 Å². The maximum absolute atomic E-state index is 13.8. The number of rotatable bonds is 6. The molecule has 3 aromatic heterocycles. The maximum atomic E-state index is 13.8. The fourth-order valence-electron chi connectivity index (χ4n) is 5.04. The number of hydrogen-bond acceptors (Lipinski definition) is 7. The molecule has 37 heavy (non-hydrogen) atoms. The number of nitrogens with one attached hydrogen (secondary N) is 3. The Morgan fingerprint density at radius 3 is 2.81 bits per heavy atom. The highest BCUT2D eigenvalue weighted by Crippen LogP contribution is 2.31. The minimum absolute atomic E-state index is 0.0243. The molecule has 10 heteroatoms. The van der Waals surface area contributed by atoms with Gasteiger partial charge < -0.3 is 25.3 Å². The second-order valence-corrected chi connectivity index (χ2v) is 9.40. The number of benzene rings is 1. The van der Waals surface area contributed by atoms with Crippen LogP contribution in [0.1, 0.15) is 29.4 Å². The van der Waals surface area contributed by atoms with Gasteiger partial charge in [-0.1, -0.05) is 30.3 Å². The molecule has 1 amide bonds. The second-order valence-electron chi connectivity index (χ2n) is 9.40. The van der Waals surface area contributed by atoms with Crippen LogP contribution in [-0.2, 0) is 29.0 Å². The standard InChI is InChI=1S/C27H29N7O3/c35-24(29-16-20-14-19-15-28-9-8-22(19)30-20)17-34-26(36)25-23(32-27(34)33-10-12-37-13-11-33)7-6-21(31-25)18-4-2-1-3-5-18/h1-5,8-9,14-15,21,30-31H,6-7,10-13,16-17H2,(H,29,35). The van der Waals surface area contributed by atoms with Crippen molar-refractivity contribution in [3.05, 3.63) is 82.2 Å². The van der Waals surface area contributed by atoms with Gasteiger partial charge in [-0.25, -0.2) is 4.98 Å². The molecule has 6 rings (SSSR count). The van der Waals surface area contributed by atoms with Gasteiger partial charge in [0.2, 0.25) is 11.9 Å². The largest absolute Gasteiger partial charge is 0.378 e. The second kappa shape index (κ2) is 10.1. The van der Waals surface area contributed by atoms with Crippen molar-refractivity contribution in [1.82, 2.24) is 24.8 Å². The van der Waals surface area contributed by atoms with E-state index in [1.807, 2.05) is 35.2 Å². The number of H-pyrrole nitrogens is 1. The number of amides is 1. The minimum Gasteiger partial charge on any atom is -0.378 e. The SMILES string of the molecule is O=C(Cn1c(N2CCOCC2)nc2c(c1=O)NC(c1ccccc1)CC2)NCc1cc2cnccc2[nH]1. The zero-order chi connectivity index (χ0) is 25.2. The first-order valence-electron chi connectivity index (χ1n) is 12.6. The van der Waals surface area contributed by atoms with Gasteiger partial charge in [0.1, 0.15) is 12.2 Å². The number of aryl methyl sites for hydroxylation is 1. The molecule has 3 N–H and O–H groups in total. The summed E-state index contributed by atoms with van der Waals surface area (Å²) in [5, 5.41) is 7.34. The van der Waals surface area contributed by atoms with Crippen LogP contribution in [0.4, 0.5) is 11.6 Å². The molecular formula is C27H29N7O3. The highest BCUT2D eigenvalue weighted by Gasteiger charge is 2.28. The summed E-state index contributed by atoms with van der Waals surface area (Å²) < 4.78 is 7.00. The lowest BCUT2D eigenvalue weighted by atomic mass is 9.96. The molecule has 190 valence electrons. The molecule has 1 aromatic carbocycles. The molecule has 0 radical (unpaired) electrons. The number of aromatic amines is 1. The fraction of sp³-hybridized carbons (Fsp3) is 0.333. The smallest absolute Gasteiger partial charge is 0.279 e. The Morgan fingerprint density at radius 1 is 1.16 bits per heavy atom. The van der Waals surface area contributed by atoms with E-state index in [0.717, 1.165) is 34.3 Å². The first kappa shape index (κ1) is 23.2. The third-order valence-electron chi connectivity index (χ3n) is 6.96. The van der Waals surface area contributed by atoms with Crippen LogP contribution in [0.5, 0.6) is 0 Å².